The number of aromatic nitrogens is 2. The predicted molar refractivity (Wildman–Crippen MR) is 105 cm³/mol. The summed E-state index contributed by atoms with van der Waals surface area (Å²) in [7, 11) is -3.40. The van der Waals surface area contributed by atoms with Crippen molar-refractivity contribution in [3.63, 3.8) is 0 Å². The minimum atomic E-state index is -3.40. The predicted octanol–water partition coefficient (Wildman–Crippen LogP) is 3.29. The summed E-state index contributed by atoms with van der Waals surface area (Å²) in [5.74, 6) is 1.09. The molecule has 0 radical (unpaired) electrons. The first-order chi connectivity index (χ1) is 12.4. The standard InChI is InChI=1S/C17H15BrN4O3S/c1-26(23,24)22-5-6-25-16-9-14-13(8-15(16)22)17(20-10-19-14)21-12-4-2-3-11(18)7-12/h2-4,7-10H,5-6H2,1H3,(H,19,20,21). The molecule has 0 aliphatic carbocycles. The van der Waals surface area contributed by atoms with Gasteiger partial charge in [0.05, 0.1) is 24.0 Å². The molecular weight excluding hydrogens is 420 g/mol. The number of benzene rings is 2. The summed E-state index contributed by atoms with van der Waals surface area (Å²) in [6, 6.07) is 11.2. The van der Waals surface area contributed by atoms with E-state index >= 15 is 0 Å². The number of rotatable bonds is 3. The first kappa shape index (κ1) is 17.0. The number of sulfonamides is 1. The fraction of sp³-hybridized carbons (Fsp3) is 0.176. The number of nitrogens with zero attached hydrogens (tertiary/aromatic N) is 3. The summed E-state index contributed by atoms with van der Waals surface area (Å²) in [5.41, 5.74) is 2.03. The normalized spacial score (nSPS) is 14.0. The maximum atomic E-state index is 12.1. The van der Waals surface area contributed by atoms with Gasteiger partial charge in [-0.1, -0.05) is 22.0 Å². The zero-order valence-electron chi connectivity index (χ0n) is 13.8. The van der Waals surface area contributed by atoms with Crippen molar-refractivity contribution in [3.8, 4) is 5.75 Å². The van der Waals surface area contributed by atoms with Crippen LogP contribution in [0.15, 0.2) is 47.2 Å². The molecule has 0 amide bonds. The van der Waals surface area contributed by atoms with E-state index < -0.39 is 10.0 Å². The number of ether oxygens (including phenoxy) is 1. The van der Waals surface area contributed by atoms with Gasteiger partial charge in [0, 0.05) is 21.6 Å². The second kappa shape index (κ2) is 6.40. The van der Waals surface area contributed by atoms with Gasteiger partial charge in [-0.25, -0.2) is 18.4 Å². The maximum Gasteiger partial charge on any atom is 0.232 e. The summed E-state index contributed by atoms with van der Waals surface area (Å²) < 4.78 is 32.2. The van der Waals surface area contributed by atoms with Crippen molar-refractivity contribution in [1.29, 1.82) is 0 Å². The van der Waals surface area contributed by atoms with Crippen LogP contribution in [0, 0.1) is 0 Å². The highest BCUT2D eigenvalue weighted by Gasteiger charge is 2.26. The summed E-state index contributed by atoms with van der Waals surface area (Å²) in [4.78, 5) is 8.61. The molecule has 134 valence electrons. The average molecular weight is 435 g/mol. The highest BCUT2D eigenvalue weighted by molar-refractivity contribution is 9.10. The lowest BCUT2D eigenvalue weighted by atomic mass is 10.1. The molecule has 2 aromatic carbocycles. The zero-order chi connectivity index (χ0) is 18.3. The molecule has 2 heterocycles. The Hall–Kier alpha value is -2.39. The van der Waals surface area contributed by atoms with Crippen molar-refractivity contribution in [2.75, 3.05) is 29.0 Å². The maximum absolute atomic E-state index is 12.1. The molecule has 9 heteroatoms. The number of anilines is 3. The van der Waals surface area contributed by atoms with Gasteiger partial charge >= 0.3 is 0 Å². The van der Waals surface area contributed by atoms with E-state index in [1.54, 1.807) is 12.1 Å². The molecule has 0 saturated carbocycles. The van der Waals surface area contributed by atoms with E-state index in [0.717, 1.165) is 10.2 Å². The Kier molecular flexibility index (Phi) is 4.20. The number of fused-ring (bicyclic) bond motifs is 2. The van der Waals surface area contributed by atoms with E-state index in [0.29, 0.717) is 34.8 Å². The molecule has 7 nitrogen and oxygen atoms in total. The van der Waals surface area contributed by atoms with E-state index in [-0.39, 0.29) is 6.54 Å². The Bertz CT molecular complexity index is 1100. The molecule has 0 fully saturated rings. The van der Waals surface area contributed by atoms with Crippen LogP contribution in [0.3, 0.4) is 0 Å². The van der Waals surface area contributed by atoms with Crippen molar-refractivity contribution in [2.45, 2.75) is 0 Å². The van der Waals surface area contributed by atoms with Crippen LogP contribution in [0.5, 0.6) is 5.75 Å². The first-order valence-electron chi connectivity index (χ1n) is 7.84. The van der Waals surface area contributed by atoms with Crippen molar-refractivity contribution < 1.29 is 13.2 Å². The molecule has 0 spiro atoms. The van der Waals surface area contributed by atoms with Gasteiger partial charge in [0.1, 0.15) is 24.5 Å². The monoisotopic (exact) mass is 434 g/mol. The summed E-state index contributed by atoms with van der Waals surface area (Å²) in [6.07, 6.45) is 2.65. The SMILES string of the molecule is CS(=O)(=O)N1CCOc2cc3ncnc(Nc4cccc(Br)c4)c3cc21. The molecule has 0 saturated heterocycles. The summed E-state index contributed by atoms with van der Waals surface area (Å²) in [6.45, 7) is 0.583. The third-order valence-electron chi connectivity index (χ3n) is 4.02. The molecular formula is C17H15BrN4O3S. The summed E-state index contributed by atoms with van der Waals surface area (Å²) >= 11 is 3.44. The second-order valence-electron chi connectivity index (χ2n) is 5.88. The van der Waals surface area contributed by atoms with Gasteiger partial charge < -0.3 is 10.1 Å². The molecule has 1 N–H and O–H groups in total. The van der Waals surface area contributed by atoms with Gasteiger partial charge in [-0.2, -0.15) is 0 Å². The highest BCUT2D eigenvalue weighted by atomic mass is 79.9. The van der Waals surface area contributed by atoms with Crippen molar-refractivity contribution in [1.82, 2.24) is 9.97 Å². The van der Waals surface area contributed by atoms with Crippen LogP contribution in [0.1, 0.15) is 0 Å². The smallest absolute Gasteiger partial charge is 0.232 e. The molecule has 4 rings (SSSR count). The van der Waals surface area contributed by atoms with Crippen LogP contribution < -0.4 is 14.4 Å². The van der Waals surface area contributed by atoms with Crippen LogP contribution >= 0.6 is 15.9 Å². The van der Waals surface area contributed by atoms with E-state index in [9.17, 15) is 8.42 Å². The fourth-order valence-corrected chi connectivity index (χ4v) is 4.19. The molecule has 0 atom stereocenters. The van der Waals surface area contributed by atoms with E-state index in [2.05, 4.69) is 31.2 Å². The van der Waals surface area contributed by atoms with E-state index in [1.807, 2.05) is 24.3 Å². The fourth-order valence-electron chi connectivity index (χ4n) is 2.89. The third-order valence-corrected chi connectivity index (χ3v) is 5.70. The third kappa shape index (κ3) is 3.19. The Labute approximate surface area is 159 Å². The Morgan fingerprint density at radius 3 is 2.85 bits per heavy atom. The van der Waals surface area contributed by atoms with Gasteiger partial charge in [0.15, 0.2) is 0 Å². The van der Waals surface area contributed by atoms with Crippen LogP contribution in [-0.4, -0.2) is 37.8 Å². The van der Waals surface area contributed by atoms with Gasteiger partial charge in [-0.15, -0.1) is 0 Å². The molecule has 1 aliphatic heterocycles. The molecule has 1 aromatic heterocycles. The van der Waals surface area contributed by atoms with Crippen LogP contribution in [-0.2, 0) is 10.0 Å². The lowest BCUT2D eigenvalue weighted by Gasteiger charge is -2.29. The van der Waals surface area contributed by atoms with Gasteiger partial charge in [-0.3, -0.25) is 4.31 Å². The first-order valence-corrected chi connectivity index (χ1v) is 10.5. The molecule has 0 bridgehead atoms. The van der Waals surface area contributed by atoms with Gasteiger partial charge in [0.25, 0.3) is 0 Å². The van der Waals surface area contributed by atoms with Gasteiger partial charge in [-0.05, 0) is 24.3 Å². The lowest BCUT2D eigenvalue weighted by molar-refractivity contribution is 0.316. The van der Waals surface area contributed by atoms with Crippen LogP contribution in [0.4, 0.5) is 17.2 Å². The molecule has 3 aromatic rings. The minimum Gasteiger partial charge on any atom is -0.489 e. The topological polar surface area (TPSA) is 84.4 Å². The number of hydrogen-bond donors (Lipinski definition) is 1. The van der Waals surface area contributed by atoms with Crippen LogP contribution in [0.25, 0.3) is 10.9 Å². The lowest BCUT2D eigenvalue weighted by Crippen LogP contribution is -2.37. The molecule has 0 unspecified atom stereocenters. The Balaban J connectivity index is 1.85. The Morgan fingerprint density at radius 2 is 2.08 bits per heavy atom. The molecule has 26 heavy (non-hydrogen) atoms. The summed E-state index contributed by atoms with van der Waals surface area (Å²) in [5, 5.41) is 3.97. The number of hydrogen-bond acceptors (Lipinski definition) is 6. The second-order valence-corrected chi connectivity index (χ2v) is 8.70. The van der Waals surface area contributed by atoms with Crippen LogP contribution in [0.2, 0.25) is 0 Å². The number of nitrogens with one attached hydrogen (secondary N) is 1. The highest BCUT2D eigenvalue weighted by Crippen LogP contribution is 2.38. The number of halogens is 1. The van der Waals surface area contributed by atoms with Crippen molar-refractivity contribution in [3.05, 3.63) is 47.2 Å². The van der Waals surface area contributed by atoms with E-state index in [4.69, 9.17) is 4.74 Å². The quantitative estimate of drug-likeness (QED) is 0.680. The van der Waals surface area contributed by atoms with Crippen molar-refractivity contribution in [2.24, 2.45) is 0 Å². The van der Waals surface area contributed by atoms with Crippen molar-refractivity contribution >= 4 is 54.0 Å². The average Bonchev–Trinajstić information content (AvgIpc) is 2.59. The minimum absolute atomic E-state index is 0.277. The van der Waals surface area contributed by atoms with Gasteiger partial charge in [0.2, 0.25) is 10.0 Å². The largest absolute Gasteiger partial charge is 0.489 e. The molecule has 1 aliphatic rings. The van der Waals surface area contributed by atoms with E-state index in [1.165, 1.54) is 16.9 Å². The zero-order valence-corrected chi connectivity index (χ0v) is 16.2. The Morgan fingerprint density at radius 1 is 1.23 bits per heavy atom.